The van der Waals surface area contributed by atoms with Crippen LogP contribution in [0.3, 0.4) is 0 Å². The van der Waals surface area contributed by atoms with Crippen LogP contribution in [0, 0.1) is 5.92 Å². The van der Waals surface area contributed by atoms with Gasteiger partial charge in [-0.3, -0.25) is 4.79 Å². The van der Waals surface area contributed by atoms with Crippen molar-refractivity contribution in [1.82, 2.24) is 0 Å². The van der Waals surface area contributed by atoms with E-state index in [0.29, 0.717) is 0 Å². The predicted molar refractivity (Wildman–Crippen MR) is 56.1 cm³/mol. The number of hydrogen-bond acceptors (Lipinski definition) is 6. The van der Waals surface area contributed by atoms with E-state index >= 15 is 0 Å². The third-order valence-corrected chi connectivity index (χ3v) is 1.84. The van der Waals surface area contributed by atoms with Crippen LogP contribution < -0.4 is 5.73 Å². The van der Waals surface area contributed by atoms with E-state index in [1.807, 2.05) is 0 Å². The first kappa shape index (κ1) is 14.6. The molecular formula is C10H17NO5. The van der Waals surface area contributed by atoms with Gasteiger partial charge in [0.15, 0.2) is 0 Å². The van der Waals surface area contributed by atoms with Crippen molar-refractivity contribution in [3.8, 4) is 0 Å². The lowest BCUT2D eigenvalue weighted by atomic mass is 10.1. The Morgan fingerprint density at radius 1 is 1.44 bits per heavy atom. The number of carbonyl (C=O) groups is 2. The van der Waals surface area contributed by atoms with Gasteiger partial charge in [0.1, 0.15) is 12.8 Å². The highest BCUT2D eigenvalue weighted by molar-refractivity contribution is 5.88. The summed E-state index contributed by atoms with van der Waals surface area (Å²) in [4.78, 5) is 22.3. The number of rotatable bonds is 6. The van der Waals surface area contributed by atoms with E-state index in [0.717, 1.165) is 0 Å². The Morgan fingerprint density at radius 2 is 2.00 bits per heavy atom. The Kier molecular flexibility index (Phi) is 6.36. The number of carbonyl (C=O) groups excluding carboxylic acids is 2. The van der Waals surface area contributed by atoms with Gasteiger partial charge in [-0.05, 0) is 13.8 Å². The van der Waals surface area contributed by atoms with Crippen molar-refractivity contribution in [3.63, 3.8) is 0 Å². The fourth-order valence-electron chi connectivity index (χ4n) is 0.721. The molecule has 0 rings (SSSR count). The van der Waals surface area contributed by atoms with Crippen molar-refractivity contribution in [2.45, 2.75) is 20.1 Å². The molecule has 16 heavy (non-hydrogen) atoms. The maximum absolute atomic E-state index is 11.2. The van der Waals surface area contributed by atoms with Crippen molar-refractivity contribution in [2.24, 2.45) is 11.7 Å². The third kappa shape index (κ3) is 4.90. The molecule has 3 N–H and O–H groups in total. The number of ether oxygens (including phenoxy) is 2. The van der Waals surface area contributed by atoms with Crippen LogP contribution in [-0.4, -0.2) is 36.5 Å². The standard InChI is InChI=1S/C10H17NO5/c1-4-15-9(13)6(2)5-16-10(14)7(3)8(11)12/h7-8,12H,2,4-5,11H2,1,3H3. The van der Waals surface area contributed by atoms with E-state index in [4.69, 9.17) is 15.6 Å². The highest BCUT2D eigenvalue weighted by atomic mass is 16.5. The minimum atomic E-state index is -1.29. The van der Waals surface area contributed by atoms with E-state index < -0.39 is 24.1 Å². The molecule has 0 saturated carbocycles. The van der Waals surface area contributed by atoms with Gasteiger partial charge in [-0.2, -0.15) is 0 Å². The van der Waals surface area contributed by atoms with Crippen LogP contribution in [0.4, 0.5) is 0 Å². The lowest BCUT2D eigenvalue weighted by Crippen LogP contribution is -2.34. The summed E-state index contributed by atoms with van der Waals surface area (Å²) >= 11 is 0. The molecule has 0 spiro atoms. The Labute approximate surface area is 94.0 Å². The summed E-state index contributed by atoms with van der Waals surface area (Å²) in [6.07, 6.45) is -1.29. The molecule has 0 aliphatic carbocycles. The molecule has 2 unspecified atom stereocenters. The van der Waals surface area contributed by atoms with Crippen LogP contribution in [0.1, 0.15) is 13.8 Å². The van der Waals surface area contributed by atoms with Crippen molar-refractivity contribution < 1.29 is 24.2 Å². The zero-order chi connectivity index (χ0) is 12.7. The lowest BCUT2D eigenvalue weighted by molar-refractivity contribution is -0.151. The molecule has 0 aromatic rings. The Hall–Kier alpha value is -1.40. The van der Waals surface area contributed by atoms with Gasteiger partial charge in [0.25, 0.3) is 0 Å². The van der Waals surface area contributed by atoms with Gasteiger partial charge in [-0.25, -0.2) is 4.79 Å². The van der Waals surface area contributed by atoms with E-state index in [1.165, 1.54) is 6.92 Å². The van der Waals surface area contributed by atoms with E-state index in [-0.39, 0.29) is 18.8 Å². The van der Waals surface area contributed by atoms with Crippen molar-refractivity contribution in [2.75, 3.05) is 13.2 Å². The molecule has 0 amide bonds. The number of aliphatic hydroxyl groups is 1. The summed E-state index contributed by atoms with van der Waals surface area (Å²) < 4.78 is 9.36. The molecule has 6 nitrogen and oxygen atoms in total. The number of esters is 2. The molecule has 0 aliphatic rings. The fraction of sp³-hybridized carbons (Fsp3) is 0.600. The van der Waals surface area contributed by atoms with Crippen LogP contribution in [0.5, 0.6) is 0 Å². The summed E-state index contributed by atoms with van der Waals surface area (Å²) in [5.41, 5.74) is 5.13. The smallest absolute Gasteiger partial charge is 0.336 e. The zero-order valence-corrected chi connectivity index (χ0v) is 9.43. The van der Waals surface area contributed by atoms with Gasteiger partial charge in [-0.1, -0.05) is 6.58 Å². The Bertz CT molecular complexity index is 274. The van der Waals surface area contributed by atoms with E-state index in [1.54, 1.807) is 6.92 Å². The minimum absolute atomic E-state index is 0.0360. The van der Waals surface area contributed by atoms with Crippen LogP contribution in [0.2, 0.25) is 0 Å². The molecule has 0 bridgehead atoms. The maximum Gasteiger partial charge on any atom is 0.336 e. The van der Waals surface area contributed by atoms with Gasteiger partial charge in [0.2, 0.25) is 0 Å². The average molecular weight is 231 g/mol. The monoisotopic (exact) mass is 231 g/mol. The molecule has 0 radical (unpaired) electrons. The number of aliphatic hydroxyl groups excluding tert-OH is 1. The topological polar surface area (TPSA) is 98.9 Å². The summed E-state index contributed by atoms with van der Waals surface area (Å²) in [5, 5.41) is 8.91. The summed E-state index contributed by atoms with van der Waals surface area (Å²) in [5.74, 6) is -2.16. The highest BCUT2D eigenvalue weighted by Crippen LogP contribution is 2.03. The van der Waals surface area contributed by atoms with Crippen LogP contribution in [0.25, 0.3) is 0 Å². The van der Waals surface area contributed by atoms with Crippen molar-refractivity contribution in [3.05, 3.63) is 12.2 Å². The van der Waals surface area contributed by atoms with Crippen LogP contribution >= 0.6 is 0 Å². The first-order valence-electron chi connectivity index (χ1n) is 4.85. The molecule has 0 aromatic heterocycles. The Balaban J connectivity index is 4.01. The Morgan fingerprint density at radius 3 is 2.44 bits per heavy atom. The number of hydrogen-bond donors (Lipinski definition) is 2. The highest BCUT2D eigenvalue weighted by Gasteiger charge is 2.21. The summed E-state index contributed by atoms with van der Waals surface area (Å²) in [6, 6.07) is 0. The third-order valence-electron chi connectivity index (χ3n) is 1.84. The fourth-order valence-corrected chi connectivity index (χ4v) is 0.721. The molecule has 2 atom stereocenters. The first-order valence-corrected chi connectivity index (χ1v) is 4.85. The molecular weight excluding hydrogens is 214 g/mol. The molecule has 0 aliphatic heterocycles. The molecule has 0 saturated heterocycles. The molecule has 0 aromatic carbocycles. The maximum atomic E-state index is 11.2. The zero-order valence-electron chi connectivity index (χ0n) is 9.43. The van der Waals surface area contributed by atoms with Crippen molar-refractivity contribution in [1.29, 1.82) is 0 Å². The molecule has 0 heterocycles. The normalized spacial score (nSPS) is 13.8. The van der Waals surface area contributed by atoms with E-state index in [9.17, 15) is 9.59 Å². The van der Waals surface area contributed by atoms with Crippen LogP contribution in [-0.2, 0) is 19.1 Å². The second kappa shape index (κ2) is 6.97. The van der Waals surface area contributed by atoms with Gasteiger partial charge in [0, 0.05) is 0 Å². The quantitative estimate of drug-likeness (QED) is 0.365. The minimum Gasteiger partial charge on any atom is -0.463 e. The summed E-state index contributed by atoms with van der Waals surface area (Å²) in [6.45, 7) is 6.43. The molecule has 0 fully saturated rings. The van der Waals surface area contributed by atoms with Gasteiger partial charge >= 0.3 is 11.9 Å². The van der Waals surface area contributed by atoms with Gasteiger partial charge < -0.3 is 20.3 Å². The van der Waals surface area contributed by atoms with E-state index in [2.05, 4.69) is 11.3 Å². The number of nitrogens with two attached hydrogens (primary N) is 1. The molecule has 6 heteroatoms. The first-order chi connectivity index (χ1) is 7.40. The average Bonchev–Trinajstić information content (AvgIpc) is 2.24. The predicted octanol–water partition coefficient (Wildman–Crippen LogP) is -0.438. The summed E-state index contributed by atoms with van der Waals surface area (Å²) in [7, 11) is 0. The lowest BCUT2D eigenvalue weighted by Gasteiger charge is -2.13. The van der Waals surface area contributed by atoms with Crippen LogP contribution in [0.15, 0.2) is 12.2 Å². The second-order valence-electron chi connectivity index (χ2n) is 3.21. The largest absolute Gasteiger partial charge is 0.463 e. The molecule has 92 valence electrons. The SMILES string of the molecule is C=C(COC(=O)C(C)C(N)O)C(=O)OCC. The van der Waals surface area contributed by atoms with Gasteiger partial charge in [0.05, 0.1) is 18.1 Å². The van der Waals surface area contributed by atoms with Crippen molar-refractivity contribution >= 4 is 11.9 Å². The van der Waals surface area contributed by atoms with Gasteiger partial charge in [-0.15, -0.1) is 0 Å². The second-order valence-corrected chi connectivity index (χ2v) is 3.21.